The predicted molar refractivity (Wildman–Crippen MR) is 84.6 cm³/mol. The van der Waals surface area contributed by atoms with Crippen LogP contribution in [0.1, 0.15) is 36.2 Å². The quantitative estimate of drug-likeness (QED) is 0.501. The van der Waals surface area contributed by atoms with Crippen molar-refractivity contribution < 1.29 is 24.4 Å². The zero-order valence-electron chi connectivity index (χ0n) is 13.6. The Morgan fingerprint density at radius 3 is 2.42 bits per heavy atom. The standard InChI is InChI=1S/C15H19N3O6/c1-4-15(3,14(21)22)17-12(19)8-16-13(20)10-5-6-11(18(23)24)9(2)7-10/h5-7H,4,8H2,1-3H3,(H,16,20)(H,17,19)(H,21,22). The molecule has 9 nitrogen and oxygen atoms in total. The first-order valence-electron chi connectivity index (χ1n) is 7.18. The minimum Gasteiger partial charge on any atom is -0.480 e. The van der Waals surface area contributed by atoms with Crippen molar-refractivity contribution in [1.82, 2.24) is 10.6 Å². The summed E-state index contributed by atoms with van der Waals surface area (Å²) in [6.07, 6.45) is 0.184. The van der Waals surface area contributed by atoms with Gasteiger partial charge in [0.05, 0.1) is 11.5 Å². The van der Waals surface area contributed by atoms with E-state index < -0.39 is 34.8 Å². The zero-order valence-corrected chi connectivity index (χ0v) is 13.6. The van der Waals surface area contributed by atoms with E-state index in [0.717, 1.165) is 0 Å². The Kier molecular flexibility index (Phi) is 5.99. The summed E-state index contributed by atoms with van der Waals surface area (Å²) >= 11 is 0. The minimum absolute atomic E-state index is 0.107. The van der Waals surface area contributed by atoms with E-state index in [4.69, 9.17) is 5.11 Å². The molecule has 0 heterocycles. The molecule has 0 saturated heterocycles. The van der Waals surface area contributed by atoms with E-state index >= 15 is 0 Å². The molecule has 1 aromatic carbocycles. The number of carbonyl (C=O) groups is 3. The summed E-state index contributed by atoms with van der Waals surface area (Å²) in [5.41, 5.74) is -1.03. The van der Waals surface area contributed by atoms with E-state index in [1.807, 2.05) is 0 Å². The second-order valence-corrected chi connectivity index (χ2v) is 5.48. The second-order valence-electron chi connectivity index (χ2n) is 5.48. The van der Waals surface area contributed by atoms with Crippen molar-refractivity contribution in [1.29, 1.82) is 0 Å². The molecular formula is C15H19N3O6. The average Bonchev–Trinajstić information content (AvgIpc) is 2.51. The number of carbonyl (C=O) groups excluding carboxylic acids is 2. The Balaban J connectivity index is 2.69. The first kappa shape index (κ1) is 19.1. The Morgan fingerprint density at radius 1 is 1.33 bits per heavy atom. The van der Waals surface area contributed by atoms with Crippen LogP contribution in [-0.4, -0.2) is 39.9 Å². The fourth-order valence-corrected chi connectivity index (χ4v) is 1.91. The zero-order chi connectivity index (χ0) is 18.5. The molecule has 130 valence electrons. The van der Waals surface area contributed by atoms with Crippen LogP contribution in [0.4, 0.5) is 5.69 Å². The molecule has 2 amide bonds. The number of hydrogen-bond donors (Lipinski definition) is 3. The van der Waals surface area contributed by atoms with Gasteiger partial charge in [0.25, 0.3) is 11.6 Å². The third-order valence-electron chi connectivity index (χ3n) is 3.66. The monoisotopic (exact) mass is 337 g/mol. The van der Waals surface area contributed by atoms with Crippen LogP contribution in [-0.2, 0) is 9.59 Å². The van der Waals surface area contributed by atoms with Gasteiger partial charge in [-0.25, -0.2) is 4.79 Å². The maximum absolute atomic E-state index is 12.0. The lowest BCUT2D eigenvalue weighted by atomic mass is 9.99. The number of nitrogens with one attached hydrogen (secondary N) is 2. The van der Waals surface area contributed by atoms with E-state index in [0.29, 0.717) is 5.56 Å². The van der Waals surface area contributed by atoms with Gasteiger partial charge in [0.15, 0.2) is 0 Å². The smallest absolute Gasteiger partial charge is 0.329 e. The first-order chi connectivity index (χ1) is 11.1. The van der Waals surface area contributed by atoms with Gasteiger partial charge in [-0.15, -0.1) is 0 Å². The molecule has 1 aromatic rings. The van der Waals surface area contributed by atoms with Gasteiger partial charge in [-0.2, -0.15) is 0 Å². The van der Waals surface area contributed by atoms with Crippen LogP contribution in [0.15, 0.2) is 18.2 Å². The van der Waals surface area contributed by atoms with Crippen LogP contribution in [0.2, 0.25) is 0 Å². The molecule has 1 rings (SSSR count). The Morgan fingerprint density at radius 2 is 1.96 bits per heavy atom. The Hall–Kier alpha value is -2.97. The third kappa shape index (κ3) is 4.51. The van der Waals surface area contributed by atoms with Crippen molar-refractivity contribution in [2.45, 2.75) is 32.7 Å². The molecule has 0 aliphatic carbocycles. The number of aliphatic carboxylic acids is 1. The molecule has 9 heteroatoms. The third-order valence-corrected chi connectivity index (χ3v) is 3.66. The minimum atomic E-state index is -1.41. The number of nitro benzene ring substituents is 1. The largest absolute Gasteiger partial charge is 0.480 e. The summed E-state index contributed by atoms with van der Waals surface area (Å²) in [5.74, 6) is -2.40. The molecule has 0 radical (unpaired) electrons. The van der Waals surface area contributed by atoms with Gasteiger partial charge in [0.2, 0.25) is 5.91 Å². The van der Waals surface area contributed by atoms with Crippen molar-refractivity contribution in [2.75, 3.05) is 6.54 Å². The average molecular weight is 337 g/mol. The molecule has 1 atom stereocenters. The lowest BCUT2D eigenvalue weighted by Crippen LogP contribution is -2.54. The molecule has 0 spiro atoms. The molecule has 1 unspecified atom stereocenters. The van der Waals surface area contributed by atoms with E-state index in [-0.39, 0.29) is 17.7 Å². The van der Waals surface area contributed by atoms with Gasteiger partial charge in [0, 0.05) is 17.2 Å². The van der Waals surface area contributed by atoms with E-state index in [1.54, 1.807) is 6.92 Å². The highest BCUT2D eigenvalue weighted by Crippen LogP contribution is 2.18. The highest BCUT2D eigenvalue weighted by atomic mass is 16.6. The first-order valence-corrected chi connectivity index (χ1v) is 7.18. The van der Waals surface area contributed by atoms with Crippen molar-refractivity contribution >= 4 is 23.5 Å². The Bertz CT molecular complexity index is 688. The number of carboxylic acid groups (broad SMARTS) is 1. The van der Waals surface area contributed by atoms with Crippen LogP contribution in [0, 0.1) is 17.0 Å². The van der Waals surface area contributed by atoms with Gasteiger partial charge >= 0.3 is 5.97 Å². The number of aryl methyl sites for hydroxylation is 1. The second kappa shape index (κ2) is 7.53. The lowest BCUT2D eigenvalue weighted by Gasteiger charge is -2.24. The summed E-state index contributed by atoms with van der Waals surface area (Å²) in [5, 5.41) is 24.5. The number of nitro groups is 1. The number of carboxylic acids is 1. The maximum Gasteiger partial charge on any atom is 0.329 e. The number of nitrogens with zero attached hydrogens (tertiary/aromatic N) is 1. The molecule has 0 aliphatic rings. The van der Waals surface area contributed by atoms with Gasteiger partial charge < -0.3 is 15.7 Å². The van der Waals surface area contributed by atoms with Gasteiger partial charge in [-0.3, -0.25) is 19.7 Å². The topological polar surface area (TPSA) is 139 Å². The summed E-state index contributed by atoms with van der Waals surface area (Å²) in [4.78, 5) is 45.1. The summed E-state index contributed by atoms with van der Waals surface area (Å²) in [6, 6.07) is 3.84. The lowest BCUT2D eigenvalue weighted by molar-refractivity contribution is -0.385. The summed E-state index contributed by atoms with van der Waals surface area (Å²) in [7, 11) is 0. The molecule has 0 fully saturated rings. The van der Waals surface area contributed by atoms with Crippen LogP contribution in [0.3, 0.4) is 0 Å². The Labute approximate surface area is 138 Å². The molecule has 24 heavy (non-hydrogen) atoms. The summed E-state index contributed by atoms with van der Waals surface area (Å²) < 4.78 is 0. The van der Waals surface area contributed by atoms with Crippen molar-refractivity contribution in [3.8, 4) is 0 Å². The SMILES string of the molecule is CCC(C)(NC(=O)CNC(=O)c1ccc([N+](=O)[O-])c(C)c1)C(=O)O. The highest BCUT2D eigenvalue weighted by molar-refractivity contribution is 5.97. The van der Waals surface area contributed by atoms with Crippen LogP contribution >= 0.6 is 0 Å². The predicted octanol–water partition coefficient (Wildman–Crippen LogP) is 1.00. The van der Waals surface area contributed by atoms with E-state index in [1.165, 1.54) is 32.0 Å². The molecule has 0 bridgehead atoms. The van der Waals surface area contributed by atoms with Crippen LogP contribution < -0.4 is 10.6 Å². The molecule has 0 aliphatic heterocycles. The van der Waals surface area contributed by atoms with Gasteiger partial charge in [0.1, 0.15) is 5.54 Å². The molecular weight excluding hydrogens is 318 g/mol. The normalized spacial score (nSPS) is 12.8. The number of rotatable bonds is 7. The van der Waals surface area contributed by atoms with E-state index in [2.05, 4.69) is 10.6 Å². The summed E-state index contributed by atoms with van der Waals surface area (Å²) in [6.45, 7) is 4.08. The maximum atomic E-state index is 12.0. The van der Waals surface area contributed by atoms with Crippen molar-refractivity contribution in [2.24, 2.45) is 0 Å². The highest BCUT2D eigenvalue weighted by Gasteiger charge is 2.32. The van der Waals surface area contributed by atoms with Gasteiger partial charge in [-0.1, -0.05) is 6.92 Å². The molecule has 0 saturated carbocycles. The number of hydrogen-bond acceptors (Lipinski definition) is 5. The number of benzene rings is 1. The fourth-order valence-electron chi connectivity index (χ4n) is 1.91. The van der Waals surface area contributed by atoms with Gasteiger partial charge in [-0.05, 0) is 32.4 Å². The number of amides is 2. The van der Waals surface area contributed by atoms with Crippen LogP contribution in [0.5, 0.6) is 0 Å². The van der Waals surface area contributed by atoms with Crippen LogP contribution in [0.25, 0.3) is 0 Å². The fraction of sp³-hybridized carbons (Fsp3) is 0.400. The molecule has 3 N–H and O–H groups in total. The molecule has 0 aromatic heterocycles. The van der Waals surface area contributed by atoms with Crippen molar-refractivity contribution in [3.05, 3.63) is 39.4 Å². The van der Waals surface area contributed by atoms with E-state index in [9.17, 15) is 24.5 Å². The van der Waals surface area contributed by atoms with Crippen molar-refractivity contribution in [3.63, 3.8) is 0 Å².